The van der Waals surface area contributed by atoms with Crippen LogP contribution in [0.1, 0.15) is 30.7 Å². The number of aryl methyl sites for hydroxylation is 1. The molecule has 26 heavy (non-hydrogen) atoms. The largest absolute Gasteiger partial charge is 0.365 e. The third-order valence-electron chi connectivity index (χ3n) is 4.58. The van der Waals surface area contributed by atoms with E-state index in [2.05, 4.69) is 23.1 Å². The predicted octanol–water partition coefficient (Wildman–Crippen LogP) is 5.66. The first-order chi connectivity index (χ1) is 12.4. The number of rotatable bonds is 4. The lowest BCUT2D eigenvalue weighted by atomic mass is 9.93. The third-order valence-corrected chi connectivity index (χ3v) is 4.58. The van der Waals surface area contributed by atoms with Gasteiger partial charge in [0.2, 0.25) is 0 Å². The van der Waals surface area contributed by atoms with Gasteiger partial charge in [0.05, 0.1) is 0 Å². The molecule has 3 rings (SSSR count). The number of halogens is 1. The minimum Gasteiger partial charge on any atom is -0.365 e. The molecular weight excluding hydrogens is 325 g/mol. The molecule has 0 radical (unpaired) electrons. The van der Waals surface area contributed by atoms with E-state index in [4.69, 9.17) is 0 Å². The van der Waals surface area contributed by atoms with E-state index < -0.39 is 0 Å². The molecule has 132 valence electrons. The normalized spacial score (nSPS) is 15.0. The number of pyridine rings is 1. The molecule has 0 aromatic carbocycles. The van der Waals surface area contributed by atoms with E-state index in [1.807, 2.05) is 45.3 Å². The van der Waals surface area contributed by atoms with Gasteiger partial charge in [-0.1, -0.05) is 19.2 Å². The van der Waals surface area contributed by atoms with Crippen LogP contribution in [0.2, 0.25) is 0 Å². The summed E-state index contributed by atoms with van der Waals surface area (Å²) in [5.41, 5.74) is 6.02. The van der Waals surface area contributed by atoms with Crippen LogP contribution < -0.4 is 4.90 Å². The number of aromatic amines is 1. The van der Waals surface area contributed by atoms with Crippen LogP contribution in [0.5, 0.6) is 0 Å². The van der Waals surface area contributed by atoms with Crippen molar-refractivity contribution < 1.29 is 4.39 Å². The quantitative estimate of drug-likeness (QED) is 0.724. The molecule has 0 fully saturated rings. The van der Waals surface area contributed by atoms with Crippen molar-refractivity contribution in [2.24, 2.45) is 0 Å². The van der Waals surface area contributed by atoms with Gasteiger partial charge in [-0.3, -0.25) is 0 Å². The van der Waals surface area contributed by atoms with Gasteiger partial charge in [0.25, 0.3) is 0 Å². The van der Waals surface area contributed by atoms with Crippen molar-refractivity contribution in [1.82, 2.24) is 9.97 Å². The zero-order valence-corrected chi connectivity index (χ0v) is 15.3. The Morgan fingerprint density at radius 3 is 2.65 bits per heavy atom. The number of anilines is 1. The highest BCUT2D eigenvalue weighted by atomic mass is 19.1. The van der Waals surface area contributed by atoms with Crippen molar-refractivity contribution in [1.29, 1.82) is 0 Å². The number of allylic oxidation sites excluding steroid dienone is 5. The van der Waals surface area contributed by atoms with Crippen LogP contribution in [-0.4, -0.2) is 9.97 Å². The number of nitrogens with zero attached hydrogens (tertiary/aromatic N) is 2. The molecule has 0 unspecified atom stereocenters. The summed E-state index contributed by atoms with van der Waals surface area (Å²) in [5, 5.41) is 0. The van der Waals surface area contributed by atoms with E-state index in [0.717, 1.165) is 33.5 Å². The van der Waals surface area contributed by atoms with Gasteiger partial charge in [-0.25, -0.2) is 9.37 Å². The second-order valence-electron chi connectivity index (χ2n) is 6.33. The topological polar surface area (TPSA) is 31.9 Å². The molecule has 2 aromatic rings. The fraction of sp³-hybridized carbons (Fsp3) is 0.136. The Labute approximate surface area is 153 Å². The lowest BCUT2D eigenvalue weighted by Crippen LogP contribution is -2.15. The van der Waals surface area contributed by atoms with Crippen molar-refractivity contribution in [3.8, 4) is 0 Å². The van der Waals surface area contributed by atoms with Crippen molar-refractivity contribution in [2.45, 2.75) is 20.8 Å². The molecule has 0 aliphatic carbocycles. The summed E-state index contributed by atoms with van der Waals surface area (Å²) in [4.78, 5) is 9.11. The summed E-state index contributed by atoms with van der Waals surface area (Å²) in [5.74, 6) is -0.112. The Hall–Kier alpha value is -3.14. The highest BCUT2D eigenvalue weighted by Gasteiger charge is 2.21. The minimum atomic E-state index is -0.370. The maximum absolute atomic E-state index is 15.5. The Bertz CT molecular complexity index is 973. The maximum atomic E-state index is 15.5. The molecule has 4 heteroatoms. The van der Waals surface area contributed by atoms with Crippen molar-refractivity contribution in [2.75, 3.05) is 4.90 Å². The summed E-state index contributed by atoms with van der Waals surface area (Å²) in [6.45, 7) is 13.7. The van der Waals surface area contributed by atoms with Crippen molar-refractivity contribution >= 4 is 11.4 Å². The molecule has 1 aliphatic heterocycles. The van der Waals surface area contributed by atoms with E-state index >= 15 is 4.39 Å². The summed E-state index contributed by atoms with van der Waals surface area (Å²) >= 11 is 0. The molecule has 1 N–H and O–H groups in total. The fourth-order valence-corrected chi connectivity index (χ4v) is 2.97. The zero-order chi connectivity index (χ0) is 18.8. The number of aromatic nitrogens is 2. The van der Waals surface area contributed by atoms with E-state index in [9.17, 15) is 0 Å². The summed E-state index contributed by atoms with van der Waals surface area (Å²) in [7, 11) is 0. The van der Waals surface area contributed by atoms with Gasteiger partial charge in [-0.05, 0) is 61.3 Å². The zero-order valence-electron chi connectivity index (χ0n) is 15.3. The Morgan fingerprint density at radius 2 is 2.04 bits per heavy atom. The lowest BCUT2D eigenvalue weighted by Gasteiger charge is -2.22. The predicted molar refractivity (Wildman–Crippen MR) is 106 cm³/mol. The molecule has 2 aromatic heterocycles. The molecule has 0 spiro atoms. The van der Waals surface area contributed by atoms with Gasteiger partial charge < -0.3 is 9.88 Å². The molecule has 3 heterocycles. The highest BCUT2D eigenvalue weighted by molar-refractivity contribution is 5.85. The lowest BCUT2D eigenvalue weighted by molar-refractivity contribution is 0.618. The number of nitrogens with one attached hydrogen (secondary N) is 1. The highest BCUT2D eigenvalue weighted by Crippen LogP contribution is 2.34. The van der Waals surface area contributed by atoms with Gasteiger partial charge >= 0.3 is 0 Å². The second-order valence-corrected chi connectivity index (χ2v) is 6.33. The Kier molecular flexibility index (Phi) is 4.76. The number of hydrogen-bond donors (Lipinski definition) is 1. The first kappa shape index (κ1) is 17.7. The van der Waals surface area contributed by atoms with Crippen LogP contribution in [0.15, 0.2) is 79.0 Å². The molecule has 3 nitrogen and oxygen atoms in total. The molecule has 0 bridgehead atoms. The average molecular weight is 347 g/mol. The van der Waals surface area contributed by atoms with Crippen LogP contribution in [0.25, 0.3) is 5.57 Å². The minimum absolute atomic E-state index is 0.258. The van der Waals surface area contributed by atoms with Crippen LogP contribution in [0, 0.1) is 12.7 Å². The van der Waals surface area contributed by atoms with Gasteiger partial charge in [0.15, 0.2) is 11.6 Å². The number of hydrogen-bond acceptors (Lipinski definition) is 2. The van der Waals surface area contributed by atoms with E-state index in [-0.39, 0.29) is 11.6 Å². The Balaban J connectivity index is 2.18. The average Bonchev–Trinajstić information content (AvgIpc) is 3.04. The summed E-state index contributed by atoms with van der Waals surface area (Å²) in [6.07, 6.45) is 10.7. The SMILES string of the molecule is C=C/C(C)=C(\c1cc[nH]c1C)c1ccnc(N2C=CC(=C)C(C)=C2)c1F. The standard InChI is InChI=1S/C22H22FN3/c1-6-14(2)20(18-7-10-24-17(18)5)19-8-11-25-22(21(19)23)26-12-9-15(3)16(4)13-26/h6-13,24H,1,3H2,2,4-5H3/b20-14+. The first-order valence-corrected chi connectivity index (χ1v) is 8.40. The molecule has 0 atom stereocenters. The van der Waals surface area contributed by atoms with Crippen molar-refractivity contribution in [3.63, 3.8) is 0 Å². The van der Waals surface area contributed by atoms with Gasteiger partial charge in [0.1, 0.15) is 0 Å². The van der Waals surface area contributed by atoms with Crippen LogP contribution in [0.3, 0.4) is 0 Å². The molecule has 1 aliphatic rings. The first-order valence-electron chi connectivity index (χ1n) is 8.40. The van der Waals surface area contributed by atoms with Gasteiger partial charge in [-0.2, -0.15) is 0 Å². The molecule has 0 amide bonds. The molecular formula is C22H22FN3. The fourth-order valence-electron chi connectivity index (χ4n) is 2.97. The summed E-state index contributed by atoms with van der Waals surface area (Å²) < 4.78 is 15.5. The van der Waals surface area contributed by atoms with E-state index in [1.54, 1.807) is 29.4 Å². The van der Waals surface area contributed by atoms with E-state index in [0.29, 0.717) is 5.56 Å². The smallest absolute Gasteiger partial charge is 0.174 e. The third kappa shape index (κ3) is 3.06. The second kappa shape index (κ2) is 7.00. The monoisotopic (exact) mass is 347 g/mol. The van der Waals surface area contributed by atoms with Crippen molar-refractivity contribution in [3.05, 3.63) is 102 Å². The van der Waals surface area contributed by atoms with Crippen LogP contribution >= 0.6 is 0 Å². The molecule has 0 saturated carbocycles. The summed E-state index contributed by atoms with van der Waals surface area (Å²) in [6, 6.07) is 3.66. The van der Waals surface area contributed by atoms with Crippen LogP contribution in [-0.2, 0) is 0 Å². The molecule has 0 saturated heterocycles. The Morgan fingerprint density at radius 1 is 1.27 bits per heavy atom. The van der Waals surface area contributed by atoms with Gasteiger partial charge in [-0.15, -0.1) is 0 Å². The van der Waals surface area contributed by atoms with Crippen LogP contribution in [0.4, 0.5) is 10.2 Å². The maximum Gasteiger partial charge on any atom is 0.174 e. The number of H-pyrrole nitrogens is 1. The van der Waals surface area contributed by atoms with Gasteiger partial charge in [0, 0.05) is 41.6 Å². The van der Waals surface area contributed by atoms with E-state index in [1.165, 1.54) is 0 Å².